The van der Waals surface area contributed by atoms with Crippen LogP contribution < -0.4 is 32.3 Å². The van der Waals surface area contributed by atoms with Crippen molar-refractivity contribution in [2.75, 3.05) is 60.5 Å². The Balaban J connectivity index is 0.000000208. The molecule has 2 aliphatic rings. The summed E-state index contributed by atoms with van der Waals surface area (Å²) in [4.78, 5) is 44.8. The second kappa shape index (κ2) is 25.1. The lowest BCUT2D eigenvalue weighted by atomic mass is 9.91. The molecule has 4 aromatic heterocycles. The summed E-state index contributed by atoms with van der Waals surface area (Å²) in [7, 11) is 8.64. The smallest absolute Gasteiger partial charge is 0.247 e. The Kier molecular flexibility index (Phi) is 18.8. The first kappa shape index (κ1) is 51.8. The molecular formula is C50H69ClN16O2. The summed E-state index contributed by atoms with van der Waals surface area (Å²) < 4.78 is 3.55. The lowest BCUT2D eigenvalue weighted by Crippen LogP contribution is -2.36. The van der Waals surface area contributed by atoms with Gasteiger partial charge in [-0.15, -0.1) is 0 Å². The summed E-state index contributed by atoms with van der Waals surface area (Å²) in [6, 6.07) is 17.6. The lowest BCUT2D eigenvalue weighted by Gasteiger charge is -2.33. The highest BCUT2D eigenvalue weighted by atomic mass is 35.5. The second-order valence-corrected chi connectivity index (χ2v) is 18.2. The third kappa shape index (κ3) is 14.7. The van der Waals surface area contributed by atoms with Crippen molar-refractivity contribution in [2.24, 2.45) is 0 Å². The fourth-order valence-electron chi connectivity index (χ4n) is 8.56. The molecule has 0 aliphatic heterocycles. The number of amides is 1. The molecule has 0 radical (unpaired) electrons. The molecule has 2 aromatic carbocycles. The first-order valence-corrected chi connectivity index (χ1v) is 24.2. The molecule has 2 saturated carbocycles. The molecule has 1 amide bonds. The third-order valence-corrected chi connectivity index (χ3v) is 12.7. The monoisotopic (exact) mass is 961 g/mol. The lowest BCUT2D eigenvalue weighted by molar-refractivity contribution is -0.112. The molecule has 0 spiro atoms. The van der Waals surface area contributed by atoms with Crippen molar-refractivity contribution < 1.29 is 9.59 Å². The summed E-state index contributed by atoms with van der Waals surface area (Å²) in [5.74, 6) is 2.38. The maximum atomic E-state index is 11.6. The number of halogens is 1. The van der Waals surface area contributed by atoms with Crippen molar-refractivity contribution in [3.05, 3.63) is 108 Å². The first-order chi connectivity index (χ1) is 33.3. The topological polar surface area (TPSA) is 213 Å². The number of hydrogen-bond acceptors (Lipinski definition) is 15. The summed E-state index contributed by atoms with van der Waals surface area (Å²) in [5, 5.41) is 25.3. The largest absolute Gasteiger partial charge is 0.399 e. The standard InChI is InChI=1S/C25H34N8O.C22H32N8.C3H3ClO/c1-5-18-16-27-33-23(18)30-24(29-19-10-12-21(13-11-19)32(3)4)31-25(33)26-15-17-8-7-9-20(14-17)28-22(34)6-2;1-4-16-14-25-30-20(16)27-21(26-18-8-10-19(11-9-18)29(2)3)28-22(30)24-13-15-6-5-7-17(23)12-15;1-2-3(4)5/h6-9,14,16,19,21H,2,5,10-13,15H2,1,3-4H3,(H,28,34)(H2,26,29,30,31);5-7,12,14,18-19H,4,8-11,13,23H2,1-3H3,(H2,24,26,27,28);2H,1H2. The van der Waals surface area contributed by atoms with Gasteiger partial charge in [-0.1, -0.05) is 51.3 Å². The van der Waals surface area contributed by atoms with Gasteiger partial charge in [0, 0.05) is 59.8 Å². The number of nitrogen functional groups attached to an aromatic ring is 1. The Labute approximate surface area is 410 Å². The van der Waals surface area contributed by atoms with Gasteiger partial charge < -0.3 is 42.1 Å². The molecule has 2 fully saturated rings. The zero-order valence-electron chi connectivity index (χ0n) is 40.9. The predicted octanol–water partition coefficient (Wildman–Crippen LogP) is 7.81. The number of aryl methyl sites for hydroxylation is 2. The number of benzene rings is 2. The third-order valence-electron chi connectivity index (χ3n) is 12.6. The van der Waals surface area contributed by atoms with Gasteiger partial charge in [0.05, 0.1) is 12.4 Å². The number of nitrogens with two attached hydrogens (primary N) is 1. The van der Waals surface area contributed by atoms with Crippen molar-refractivity contribution in [1.82, 2.24) is 49.0 Å². The highest BCUT2D eigenvalue weighted by molar-refractivity contribution is 6.66. The van der Waals surface area contributed by atoms with Gasteiger partial charge in [-0.25, -0.2) is 0 Å². The van der Waals surface area contributed by atoms with Crippen LogP contribution in [0.3, 0.4) is 0 Å². The molecular weight excluding hydrogens is 892 g/mol. The number of allylic oxidation sites excluding steroid dienone is 1. The molecule has 7 N–H and O–H groups in total. The Morgan fingerprint density at radius 3 is 1.55 bits per heavy atom. The number of nitrogens with zero attached hydrogens (tertiary/aromatic N) is 10. The predicted molar refractivity (Wildman–Crippen MR) is 279 cm³/mol. The van der Waals surface area contributed by atoms with Crippen LogP contribution in [-0.2, 0) is 35.5 Å². The van der Waals surface area contributed by atoms with Gasteiger partial charge >= 0.3 is 0 Å². The van der Waals surface area contributed by atoms with Crippen LogP contribution in [0.4, 0.5) is 35.2 Å². The molecule has 2 aliphatic carbocycles. The molecule has 0 bridgehead atoms. The van der Waals surface area contributed by atoms with Crippen LogP contribution in [0, 0.1) is 0 Å². The number of aromatic nitrogens is 8. The van der Waals surface area contributed by atoms with E-state index in [2.05, 4.69) is 102 Å². The zero-order valence-corrected chi connectivity index (χ0v) is 41.6. The molecule has 69 heavy (non-hydrogen) atoms. The van der Waals surface area contributed by atoms with Crippen LogP contribution in [0.15, 0.2) is 86.2 Å². The molecule has 0 atom stereocenters. The molecule has 6 aromatic rings. The Bertz CT molecular complexity index is 2650. The van der Waals surface area contributed by atoms with E-state index in [1.165, 1.54) is 31.8 Å². The Morgan fingerprint density at radius 1 is 0.696 bits per heavy atom. The average molecular weight is 962 g/mol. The number of fused-ring (bicyclic) bond motifs is 2. The number of carbonyl (C=O) groups excluding carboxylic acids is 2. The van der Waals surface area contributed by atoms with Crippen molar-refractivity contribution >= 4 is 69.2 Å². The maximum Gasteiger partial charge on any atom is 0.247 e. The summed E-state index contributed by atoms with van der Waals surface area (Å²) in [5.41, 5.74) is 13.4. The molecule has 0 unspecified atom stereocenters. The minimum absolute atomic E-state index is 0.235. The van der Waals surface area contributed by atoms with Gasteiger partial charge in [0.25, 0.3) is 0 Å². The van der Waals surface area contributed by atoms with E-state index in [4.69, 9.17) is 37.3 Å². The van der Waals surface area contributed by atoms with Gasteiger partial charge in [-0.3, -0.25) is 9.59 Å². The van der Waals surface area contributed by atoms with Gasteiger partial charge in [0.2, 0.25) is 34.9 Å². The molecule has 0 saturated heterocycles. The maximum absolute atomic E-state index is 11.6. The van der Waals surface area contributed by atoms with Crippen LogP contribution in [0.1, 0.15) is 87.5 Å². The number of nitrogens with one attached hydrogen (secondary N) is 5. The van der Waals surface area contributed by atoms with Gasteiger partial charge in [0.1, 0.15) is 0 Å². The Morgan fingerprint density at radius 2 is 1.14 bits per heavy atom. The van der Waals surface area contributed by atoms with E-state index in [-0.39, 0.29) is 5.91 Å². The van der Waals surface area contributed by atoms with E-state index in [1.54, 1.807) is 9.03 Å². The Hall–Kier alpha value is -6.63. The minimum atomic E-state index is -0.509. The summed E-state index contributed by atoms with van der Waals surface area (Å²) >= 11 is 4.71. The SMILES string of the molecule is C=CC(=O)Cl.C=CC(=O)Nc1cccc(CNc2nc(NC3CCC(N(C)C)CC3)nc3c(CC)cnn23)c1.CCc1cnn2c(NCc3cccc(N)c3)nc(NC3CCC(N(C)C)CC3)nc12. The average Bonchev–Trinajstić information content (AvgIpc) is 3.97. The minimum Gasteiger partial charge on any atom is -0.399 e. The molecule has 18 nitrogen and oxygen atoms in total. The summed E-state index contributed by atoms with van der Waals surface area (Å²) in [6.07, 6.45) is 16.9. The van der Waals surface area contributed by atoms with E-state index in [1.807, 2.05) is 60.9 Å². The highest BCUT2D eigenvalue weighted by Gasteiger charge is 2.25. The fraction of sp³-hybridized carbons (Fsp3) is 0.440. The van der Waals surface area contributed by atoms with Crippen molar-refractivity contribution in [1.29, 1.82) is 0 Å². The highest BCUT2D eigenvalue weighted by Crippen LogP contribution is 2.27. The van der Waals surface area contributed by atoms with E-state index >= 15 is 0 Å². The van der Waals surface area contributed by atoms with Crippen LogP contribution in [-0.4, -0.2) is 112 Å². The van der Waals surface area contributed by atoms with Crippen molar-refractivity contribution in [2.45, 2.75) is 115 Å². The molecule has 19 heteroatoms. The first-order valence-electron chi connectivity index (χ1n) is 23.8. The summed E-state index contributed by atoms with van der Waals surface area (Å²) in [6.45, 7) is 11.9. The molecule has 368 valence electrons. The molecule has 4 heterocycles. The number of hydrogen-bond donors (Lipinski definition) is 6. The van der Waals surface area contributed by atoms with Crippen LogP contribution in [0.25, 0.3) is 11.3 Å². The van der Waals surface area contributed by atoms with Crippen LogP contribution in [0.2, 0.25) is 0 Å². The van der Waals surface area contributed by atoms with Gasteiger partial charge in [0.15, 0.2) is 11.3 Å². The normalized spacial score (nSPS) is 17.8. The number of anilines is 6. The van der Waals surface area contributed by atoms with E-state index in [0.29, 0.717) is 61.1 Å². The number of carbonyl (C=O) groups is 2. The van der Waals surface area contributed by atoms with Crippen molar-refractivity contribution in [3.63, 3.8) is 0 Å². The van der Waals surface area contributed by atoms with Gasteiger partial charge in [-0.2, -0.15) is 39.2 Å². The second-order valence-electron chi connectivity index (χ2n) is 17.8. The zero-order chi connectivity index (χ0) is 49.5. The van der Waals surface area contributed by atoms with E-state index < -0.39 is 5.24 Å². The quantitative estimate of drug-likeness (QED) is 0.0292. The van der Waals surface area contributed by atoms with Crippen molar-refractivity contribution in [3.8, 4) is 0 Å². The molecule has 8 rings (SSSR count). The van der Waals surface area contributed by atoms with E-state index in [0.717, 1.165) is 89.5 Å². The fourth-order valence-corrected chi connectivity index (χ4v) is 8.56. The number of rotatable bonds is 17. The van der Waals surface area contributed by atoms with E-state index in [9.17, 15) is 9.59 Å². The van der Waals surface area contributed by atoms with Crippen LogP contribution in [0.5, 0.6) is 0 Å². The van der Waals surface area contributed by atoms with Crippen LogP contribution >= 0.6 is 11.6 Å². The van der Waals surface area contributed by atoms with Gasteiger partial charge in [-0.05, 0) is 152 Å².